The molecule has 2 fully saturated rings. The fourth-order valence-corrected chi connectivity index (χ4v) is 4.01. The van der Waals surface area contributed by atoms with Crippen LogP contribution < -0.4 is 10.6 Å². The van der Waals surface area contributed by atoms with E-state index in [1.165, 1.54) is 12.1 Å². The number of carbonyl (C=O) groups excluding carboxylic acids is 2. The summed E-state index contributed by atoms with van der Waals surface area (Å²) < 4.78 is 0. The van der Waals surface area contributed by atoms with E-state index in [0.717, 1.165) is 51.7 Å². The van der Waals surface area contributed by atoms with Gasteiger partial charge in [0, 0.05) is 25.2 Å². The predicted molar refractivity (Wildman–Crippen MR) is 113 cm³/mol. The van der Waals surface area contributed by atoms with Crippen molar-refractivity contribution in [1.29, 1.82) is 0 Å². The number of nitrogens with zero attached hydrogens (tertiary/aromatic N) is 1. The van der Waals surface area contributed by atoms with Gasteiger partial charge in [-0.05, 0) is 75.4 Å². The van der Waals surface area contributed by atoms with E-state index in [9.17, 15) is 14.4 Å². The fraction of sp³-hybridized carbons (Fsp3) is 0.571. The SMILES string of the molecule is Cl.O=C(O)c1ccc(NC(=O)[C@@H]2CCCN(C(=O)CCC3CCNCC3)C2)cc1. The summed E-state index contributed by atoms with van der Waals surface area (Å²) in [5.41, 5.74) is 0.755. The average Bonchev–Trinajstić information content (AvgIpc) is 2.73. The number of carboxylic acid groups (broad SMARTS) is 1. The number of amides is 2. The van der Waals surface area contributed by atoms with Gasteiger partial charge in [0.25, 0.3) is 0 Å². The molecule has 0 radical (unpaired) electrons. The van der Waals surface area contributed by atoms with Crippen LogP contribution in [0.3, 0.4) is 0 Å². The molecule has 0 bridgehead atoms. The molecule has 2 saturated heterocycles. The Bertz CT molecular complexity index is 704. The molecule has 29 heavy (non-hydrogen) atoms. The van der Waals surface area contributed by atoms with Crippen molar-refractivity contribution in [2.24, 2.45) is 11.8 Å². The molecule has 0 unspecified atom stereocenters. The molecule has 1 aromatic carbocycles. The lowest BCUT2D eigenvalue weighted by Crippen LogP contribution is -2.44. The third-order valence-electron chi connectivity index (χ3n) is 5.77. The largest absolute Gasteiger partial charge is 0.478 e. The lowest BCUT2D eigenvalue weighted by molar-refractivity contribution is -0.134. The highest BCUT2D eigenvalue weighted by Gasteiger charge is 2.28. The molecule has 0 aromatic heterocycles. The smallest absolute Gasteiger partial charge is 0.335 e. The monoisotopic (exact) mass is 423 g/mol. The zero-order valence-electron chi connectivity index (χ0n) is 16.6. The Labute approximate surface area is 177 Å². The van der Waals surface area contributed by atoms with Crippen LogP contribution in [-0.4, -0.2) is 54.0 Å². The van der Waals surface area contributed by atoms with Crippen LogP contribution in [0.4, 0.5) is 5.69 Å². The number of nitrogens with one attached hydrogen (secondary N) is 2. The van der Waals surface area contributed by atoms with Crippen molar-refractivity contribution in [2.45, 2.75) is 38.5 Å². The highest BCUT2D eigenvalue weighted by molar-refractivity contribution is 5.94. The van der Waals surface area contributed by atoms with Gasteiger partial charge in [0.15, 0.2) is 0 Å². The Kier molecular flexibility index (Phi) is 8.92. The van der Waals surface area contributed by atoms with Gasteiger partial charge in [-0.3, -0.25) is 9.59 Å². The summed E-state index contributed by atoms with van der Waals surface area (Å²) in [6.07, 6.45) is 5.36. The first kappa shape index (κ1) is 23.2. The first-order valence-corrected chi connectivity index (χ1v) is 10.2. The molecule has 3 N–H and O–H groups in total. The quantitative estimate of drug-likeness (QED) is 0.653. The summed E-state index contributed by atoms with van der Waals surface area (Å²) >= 11 is 0. The van der Waals surface area contributed by atoms with Crippen molar-refractivity contribution >= 4 is 35.9 Å². The summed E-state index contributed by atoms with van der Waals surface area (Å²) in [4.78, 5) is 37.9. The molecule has 0 aliphatic carbocycles. The number of rotatable bonds is 6. The van der Waals surface area contributed by atoms with Crippen LogP contribution in [0.2, 0.25) is 0 Å². The summed E-state index contributed by atoms with van der Waals surface area (Å²) in [6.45, 7) is 3.27. The average molecular weight is 424 g/mol. The Hall–Kier alpha value is -2.12. The van der Waals surface area contributed by atoms with Crippen molar-refractivity contribution in [3.63, 3.8) is 0 Å². The van der Waals surface area contributed by atoms with Gasteiger partial charge in [0.05, 0.1) is 11.5 Å². The minimum Gasteiger partial charge on any atom is -0.478 e. The van der Waals surface area contributed by atoms with Crippen LogP contribution in [0, 0.1) is 11.8 Å². The first-order valence-electron chi connectivity index (χ1n) is 10.2. The number of aromatic carboxylic acids is 1. The zero-order chi connectivity index (χ0) is 19.9. The van der Waals surface area contributed by atoms with E-state index in [1.807, 2.05) is 4.90 Å². The van der Waals surface area contributed by atoms with Crippen LogP contribution in [0.25, 0.3) is 0 Å². The van der Waals surface area contributed by atoms with Gasteiger partial charge < -0.3 is 20.6 Å². The Balaban J connectivity index is 0.00000300. The van der Waals surface area contributed by atoms with E-state index in [-0.39, 0.29) is 35.7 Å². The second kappa shape index (κ2) is 11.2. The van der Waals surface area contributed by atoms with Gasteiger partial charge in [-0.15, -0.1) is 12.4 Å². The number of carbonyl (C=O) groups is 3. The second-order valence-electron chi connectivity index (χ2n) is 7.78. The summed E-state index contributed by atoms with van der Waals surface area (Å²) in [5.74, 6) is -0.553. The maximum Gasteiger partial charge on any atom is 0.335 e. The Morgan fingerprint density at radius 2 is 1.79 bits per heavy atom. The van der Waals surface area contributed by atoms with Gasteiger partial charge in [-0.2, -0.15) is 0 Å². The molecule has 8 heteroatoms. The lowest BCUT2D eigenvalue weighted by Gasteiger charge is -2.32. The van der Waals surface area contributed by atoms with E-state index in [4.69, 9.17) is 5.11 Å². The number of hydrogen-bond acceptors (Lipinski definition) is 4. The number of benzene rings is 1. The standard InChI is InChI=1S/C21H29N3O4.ClH/c25-19(8-3-15-9-11-22-12-10-15)24-13-1-2-17(14-24)20(26)23-18-6-4-16(5-7-18)21(27)28;/h4-7,15,17,22H,1-3,8-14H2,(H,23,26)(H,27,28);1H/t17-;/m1./s1. The number of hydrogen-bond donors (Lipinski definition) is 3. The highest BCUT2D eigenvalue weighted by atomic mass is 35.5. The summed E-state index contributed by atoms with van der Waals surface area (Å²) in [5, 5.41) is 15.1. The van der Waals surface area contributed by atoms with Crippen molar-refractivity contribution < 1.29 is 19.5 Å². The van der Waals surface area contributed by atoms with Crippen LogP contribution in [0.1, 0.15) is 48.9 Å². The van der Waals surface area contributed by atoms with E-state index in [0.29, 0.717) is 24.6 Å². The highest BCUT2D eigenvalue weighted by Crippen LogP contribution is 2.22. The molecule has 7 nitrogen and oxygen atoms in total. The van der Waals surface area contributed by atoms with Crippen LogP contribution in [-0.2, 0) is 9.59 Å². The third kappa shape index (κ3) is 6.72. The number of anilines is 1. The van der Waals surface area contributed by atoms with Gasteiger partial charge in [0.2, 0.25) is 11.8 Å². The molecule has 2 amide bonds. The second-order valence-corrected chi connectivity index (χ2v) is 7.78. The minimum absolute atomic E-state index is 0. The maximum atomic E-state index is 12.6. The fourth-order valence-electron chi connectivity index (χ4n) is 4.01. The molecule has 1 atom stereocenters. The zero-order valence-corrected chi connectivity index (χ0v) is 17.4. The van der Waals surface area contributed by atoms with Crippen molar-refractivity contribution in [1.82, 2.24) is 10.2 Å². The first-order chi connectivity index (χ1) is 13.5. The van der Waals surface area contributed by atoms with Crippen molar-refractivity contribution in [3.8, 4) is 0 Å². The number of halogens is 1. The third-order valence-corrected chi connectivity index (χ3v) is 5.77. The Morgan fingerprint density at radius 1 is 1.10 bits per heavy atom. The number of piperidine rings is 2. The van der Waals surface area contributed by atoms with E-state index < -0.39 is 5.97 Å². The molecule has 1 aromatic rings. The normalized spacial score (nSPS) is 19.9. The molecule has 2 aliphatic rings. The molecule has 0 saturated carbocycles. The maximum absolute atomic E-state index is 12.6. The number of carboxylic acids is 1. The summed E-state index contributed by atoms with van der Waals surface area (Å²) in [7, 11) is 0. The molecular weight excluding hydrogens is 394 g/mol. The lowest BCUT2D eigenvalue weighted by atomic mass is 9.92. The topological polar surface area (TPSA) is 98.7 Å². The molecule has 0 spiro atoms. The van der Waals surface area contributed by atoms with Gasteiger partial charge >= 0.3 is 5.97 Å². The molecule has 160 valence electrons. The van der Waals surface area contributed by atoms with Gasteiger partial charge in [-0.1, -0.05) is 0 Å². The van der Waals surface area contributed by atoms with Crippen LogP contribution in [0.5, 0.6) is 0 Å². The molecule has 2 aliphatic heterocycles. The van der Waals surface area contributed by atoms with Crippen molar-refractivity contribution in [3.05, 3.63) is 29.8 Å². The van der Waals surface area contributed by atoms with Gasteiger partial charge in [0.1, 0.15) is 0 Å². The van der Waals surface area contributed by atoms with Crippen molar-refractivity contribution in [2.75, 3.05) is 31.5 Å². The van der Waals surface area contributed by atoms with E-state index in [1.54, 1.807) is 12.1 Å². The minimum atomic E-state index is -0.996. The van der Waals surface area contributed by atoms with Crippen LogP contribution >= 0.6 is 12.4 Å². The summed E-state index contributed by atoms with van der Waals surface area (Å²) in [6, 6.07) is 6.11. The van der Waals surface area contributed by atoms with Crippen LogP contribution in [0.15, 0.2) is 24.3 Å². The van der Waals surface area contributed by atoms with E-state index in [2.05, 4.69) is 10.6 Å². The van der Waals surface area contributed by atoms with E-state index >= 15 is 0 Å². The number of likely N-dealkylation sites (tertiary alicyclic amines) is 1. The predicted octanol–water partition coefficient (Wildman–Crippen LogP) is 2.76. The Morgan fingerprint density at radius 3 is 2.45 bits per heavy atom. The van der Waals surface area contributed by atoms with Gasteiger partial charge in [-0.25, -0.2) is 4.79 Å². The molecule has 2 heterocycles. The molecule has 3 rings (SSSR count). The molecular formula is C21H30ClN3O4.